The molecule has 1 aromatic carbocycles. The van der Waals surface area contributed by atoms with Crippen molar-refractivity contribution in [2.24, 2.45) is 11.7 Å². The molecule has 0 radical (unpaired) electrons. The third kappa shape index (κ3) is 4.70. The highest BCUT2D eigenvalue weighted by Gasteiger charge is 2.21. The summed E-state index contributed by atoms with van der Waals surface area (Å²) in [5.41, 5.74) is 7.63. The summed E-state index contributed by atoms with van der Waals surface area (Å²) >= 11 is 0. The molecule has 0 aromatic heterocycles. The molecule has 0 bridgehead atoms. The van der Waals surface area contributed by atoms with Gasteiger partial charge in [-0.25, -0.2) is 0 Å². The molecule has 1 aromatic rings. The van der Waals surface area contributed by atoms with Crippen LogP contribution >= 0.6 is 12.4 Å². The molecule has 0 aliphatic heterocycles. The lowest BCUT2D eigenvalue weighted by atomic mass is 9.81. The van der Waals surface area contributed by atoms with Gasteiger partial charge in [0, 0.05) is 6.04 Å². The highest BCUT2D eigenvalue weighted by Crippen LogP contribution is 2.33. The normalized spacial score (nSPS) is 17.9. The van der Waals surface area contributed by atoms with Crippen LogP contribution in [0.15, 0.2) is 24.3 Å². The average molecular weight is 284 g/mol. The topological polar surface area (TPSA) is 35.2 Å². The Hall–Kier alpha value is -0.730. The minimum absolute atomic E-state index is 0. The van der Waals surface area contributed by atoms with Crippen molar-refractivity contribution in [3.63, 3.8) is 0 Å². The Kier molecular flexibility index (Phi) is 6.67. The van der Waals surface area contributed by atoms with Gasteiger partial charge >= 0.3 is 0 Å². The molecule has 0 spiro atoms. The number of benzene rings is 1. The van der Waals surface area contributed by atoms with Gasteiger partial charge in [0.05, 0.1) is 6.10 Å². The predicted octanol–water partition coefficient (Wildman–Crippen LogP) is 4.48. The van der Waals surface area contributed by atoms with E-state index in [0.717, 1.165) is 5.75 Å². The number of rotatable bonds is 4. The van der Waals surface area contributed by atoms with E-state index in [1.807, 2.05) is 26.0 Å². The zero-order valence-corrected chi connectivity index (χ0v) is 12.8. The Labute approximate surface area is 123 Å². The lowest BCUT2D eigenvalue weighted by Crippen LogP contribution is -2.23. The SMILES string of the molecule is CC(C)Oc1ccc([C@@H](N)C2CCCCC2)cc1.Cl. The molecule has 2 nitrogen and oxygen atoms in total. The fraction of sp³-hybridized carbons (Fsp3) is 0.625. The standard InChI is InChI=1S/C16H25NO.ClH/c1-12(2)18-15-10-8-14(9-11-15)16(17)13-6-4-3-5-7-13;/h8-13,16H,3-7,17H2,1-2H3;1H/t16-;/m0./s1. The third-order valence-electron chi connectivity index (χ3n) is 3.79. The molecule has 1 fully saturated rings. The van der Waals surface area contributed by atoms with Gasteiger partial charge in [0.25, 0.3) is 0 Å². The fourth-order valence-electron chi connectivity index (χ4n) is 2.81. The number of hydrogen-bond acceptors (Lipinski definition) is 2. The molecule has 19 heavy (non-hydrogen) atoms. The molecule has 2 N–H and O–H groups in total. The highest BCUT2D eigenvalue weighted by atomic mass is 35.5. The first kappa shape index (κ1) is 16.3. The van der Waals surface area contributed by atoms with Crippen LogP contribution in [0, 0.1) is 5.92 Å². The van der Waals surface area contributed by atoms with Crippen molar-refractivity contribution in [2.45, 2.75) is 58.1 Å². The van der Waals surface area contributed by atoms with Crippen molar-refractivity contribution in [3.8, 4) is 5.75 Å². The molecular weight excluding hydrogens is 258 g/mol. The van der Waals surface area contributed by atoms with E-state index >= 15 is 0 Å². The first-order valence-electron chi connectivity index (χ1n) is 7.19. The highest BCUT2D eigenvalue weighted by molar-refractivity contribution is 5.85. The summed E-state index contributed by atoms with van der Waals surface area (Å²) in [6.07, 6.45) is 6.85. The Morgan fingerprint density at radius 3 is 2.16 bits per heavy atom. The van der Waals surface area contributed by atoms with E-state index in [0.29, 0.717) is 5.92 Å². The molecule has 0 saturated heterocycles. The van der Waals surface area contributed by atoms with Crippen molar-refractivity contribution in [1.82, 2.24) is 0 Å². The van der Waals surface area contributed by atoms with Crippen LogP contribution in [0.5, 0.6) is 5.75 Å². The van der Waals surface area contributed by atoms with E-state index in [1.165, 1.54) is 37.7 Å². The van der Waals surface area contributed by atoms with Crippen LogP contribution in [0.25, 0.3) is 0 Å². The summed E-state index contributed by atoms with van der Waals surface area (Å²) < 4.78 is 5.65. The predicted molar refractivity (Wildman–Crippen MR) is 83.0 cm³/mol. The number of hydrogen-bond donors (Lipinski definition) is 1. The monoisotopic (exact) mass is 283 g/mol. The average Bonchev–Trinajstić information content (AvgIpc) is 2.39. The molecule has 3 heteroatoms. The van der Waals surface area contributed by atoms with Crippen LogP contribution in [-0.2, 0) is 0 Å². The maximum Gasteiger partial charge on any atom is 0.119 e. The van der Waals surface area contributed by atoms with Crippen molar-refractivity contribution in [1.29, 1.82) is 0 Å². The summed E-state index contributed by atoms with van der Waals surface area (Å²) in [6, 6.07) is 8.52. The number of ether oxygens (including phenoxy) is 1. The molecule has 0 heterocycles. The van der Waals surface area contributed by atoms with Crippen LogP contribution < -0.4 is 10.5 Å². The van der Waals surface area contributed by atoms with Gasteiger partial charge in [-0.05, 0) is 50.3 Å². The molecule has 1 saturated carbocycles. The molecule has 0 amide bonds. The quantitative estimate of drug-likeness (QED) is 0.884. The largest absolute Gasteiger partial charge is 0.491 e. The van der Waals surface area contributed by atoms with Crippen LogP contribution in [-0.4, -0.2) is 6.10 Å². The van der Waals surface area contributed by atoms with E-state index in [4.69, 9.17) is 10.5 Å². The van der Waals surface area contributed by atoms with Gasteiger partial charge in [-0.15, -0.1) is 12.4 Å². The Bertz CT molecular complexity index is 358. The van der Waals surface area contributed by atoms with Gasteiger partial charge in [0.15, 0.2) is 0 Å². The van der Waals surface area contributed by atoms with Crippen LogP contribution in [0.2, 0.25) is 0 Å². The Morgan fingerprint density at radius 2 is 1.63 bits per heavy atom. The lowest BCUT2D eigenvalue weighted by Gasteiger charge is -2.27. The van der Waals surface area contributed by atoms with Gasteiger partial charge < -0.3 is 10.5 Å². The van der Waals surface area contributed by atoms with E-state index in [-0.39, 0.29) is 24.6 Å². The minimum atomic E-state index is 0. The molecule has 1 atom stereocenters. The first-order chi connectivity index (χ1) is 8.66. The van der Waals surface area contributed by atoms with Gasteiger partial charge in [-0.1, -0.05) is 31.4 Å². The van der Waals surface area contributed by atoms with Gasteiger partial charge in [0.2, 0.25) is 0 Å². The Morgan fingerprint density at radius 1 is 1.05 bits per heavy atom. The van der Waals surface area contributed by atoms with Crippen molar-refractivity contribution in [3.05, 3.63) is 29.8 Å². The van der Waals surface area contributed by atoms with Crippen molar-refractivity contribution in [2.75, 3.05) is 0 Å². The number of halogens is 1. The van der Waals surface area contributed by atoms with E-state index < -0.39 is 0 Å². The van der Waals surface area contributed by atoms with E-state index in [1.54, 1.807) is 0 Å². The summed E-state index contributed by atoms with van der Waals surface area (Å²) in [7, 11) is 0. The third-order valence-corrected chi connectivity index (χ3v) is 3.79. The zero-order chi connectivity index (χ0) is 13.0. The summed E-state index contributed by atoms with van der Waals surface area (Å²) in [5, 5.41) is 0. The molecule has 0 unspecified atom stereocenters. The van der Waals surface area contributed by atoms with Crippen LogP contribution in [0.3, 0.4) is 0 Å². The maximum atomic E-state index is 6.38. The molecule has 1 aliphatic carbocycles. The van der Waals surface area contributed by atoms with Crippen molar-refractivity contribution < 1.29 is 4.74 Å². The second-order valence-corrected chi connectivity index (χ2v) is 5.66. The van der Waals surface area contributed by atoms with Crippen LogP contribution in [0.1, 0.15) is 57.6 Å². The second kappa shape index (κ2) is 7.76. The summed E-state index contributed by atoms with van der Waals surface area (Å²) in [4.78, 5) is 0. The minimum Gasteiger partial charge on any atom is -0.491 e. The Balaban J connectivity index is 0.00000180. The molecule has 2 rings (SSSR count). The second-order valence-electron chi connectivity index (χ2n) is 5.66. The first-order valence-corrected chi connectivity index (χ1v) is 7.19. The maximum absolute atomic E-state index is 6.38. The smallest absolute Gasteiger partial charge is 0.119 e. The van der Waals surface area contributed by atoms with E-state index in [9.17, 15) is 0 Å². The van der Waals surface area contributed by atoms with Gasteiger partial charge in [-0.3, -0.25) is 0 Å². The summed E-state index contributed by atoms with van der Waals surface area (Å²) in [6.45, 7) is 4.09. The zero-order valence-electron chi connectivity index (χ0n) is 12.0. The van der Waals surface area contributed by atoms with Crippen molar-refractivity contribution >= 4 is 12.4 Å². The fourth-order valence-corrected chi connectivity index (χ4v) is 2.81. The summed E-state index contributed by atoms with van der Waals surface area (Å²) in [5.74, 6) is 1.60. The van der Waals surface area contributed by atoms with E-state index in [2.05, 4.69) is 12.1 Å². The number of nitrogens with two attached hydrogens (primary N) is 1. The molecule has 108 valence electrons. The van der Waals surface area contributed by atoms with Gasteiger partial charge in [-0.2, -0.15) is 0 Å². The lowest BCUT2D eigenvalue weighted by molar-refractivity contribution is 0.242. The van der Waals surface area contributed by atoms with Crippen LogP contribution in [0.4, 0.5) is 0 Å². The molecule has 1 aliphatic rings. The molecular formula is C16H26ClNO. The van der Waals surface area contributed by atoms with Gasteiger partial charge in [0.1, 0.15) is 5.75 Å².